The Morgan fingerprint density at radius 2 is 2.17 bits per heavy atom. The van der Waals surface area contributed by atoms with Crippen LogP contribution in [0.2, 0.25) is 0 Å². The quantitative estimate of drug-likeness (QED) is 0.645. The van der Waals surface area contributed by atoms with E-state index in [1.165, 1.54) is 32.1 Å². The molecule has 0 radical (unpaired) electrons. The highest BCUT2D eigenvalue weighted by Gasteiger charge is 2.47. The molecule has 2 rings (SSSR count). The predicted octanol–water partition coefficient (Wildman–Crippen LogP) is 1.56. The number of rotatable bonds is 4. The summed E-state index contributed by atoms with van der Waals surface area (Å²) >= 11 is 0. The van der Waals surface area contributed by atoms with Crippen LogP contribution >= 0.6 is 0 Å². The maximum absolute atomic E-state index is 4.99. The molecule has 2 nitrogen and oxygen atoms in total. The van der Waals surface area contributed by atoms with Crippen molar-refractivity contribution in [3.05, 3.63) is 0 Å². The standard InChI is InChI=1S/C10H19NO/c1-12-6-5-11-9-7-10(8-9)3-2-4-10/h9,11H,2-8H2,1H3. The topological polar surface area (TPSA) is 21.3 Å². The fourth-order valence-electron chi connectivity index (χ4n) is 2.58. The Kier molecular flexibility index (Phi) is 2.37. The largest absolute Gasteiger partial charge is 0.383 e. The maximum Gasteiger partial charge on any atom is 0.0587 e. The van der Waals surface area contributed by atoms with Crippen molar-refractivity contribution in [1.82, 2.24) is 5.32 Å². The van der Waals surface area contributed by atoms with E-state index in [-0.39, 0.29) is 0 Å². The van der Waals surface area contributed by atoms with E-state index in [2.05, 4.69) is 5.32 Å². The first-order valence-corrected chi connectivity index (χ1v) is 5.07. The van der Waals surface area contributed by atoms with Crippen LogP contribution in [-0.4, -0.2) is 26.3 Å². The number of nitrogens with one attached hydrogen (secondary N) is 1. The lowest BCUT2D eigenvalue weighted by Gasteiger charge is -2.54. The molecule has 0 bridgehead atoms. The second-order valence-corrected chi connectivity index (χ2v) is 4.41. The minimum absolute atomic E-state index is 0.806. The molecule has 1 spiro atoms. The third-order valence-electron chi connectivity index (χ3n) is 3.51. The molecule has 0 aromatic rings. The van der Waals surface area contributed by atoms with Gasteiger partial charge < -0.3 is 10.1 Å². The Morgan fingerprint density at radius 1 is 1.42 bits per heavy atom. The molecule has 70 valence electrons. The Balaban J connectivity index is 1.56. The van der Waals surface area contributed by atoms with Crippen LogP contribution in [0.15, 0.2) is 0 Å². The van der Waals surface area contributed by atoms with E-state index >= 15 is 0 Å². The van der Waals surface area contributed by atoms with Crippen molar-refractivity contribution in [2.24, 2.45) is 5.41 Å². The summed E-state index contributed by atoms with van der Waals surface area (Å²) in [6.45, 7) is 1.88. The van der Waals surface area contributed by atoms with Crippen molar-refractivity contribution in [1.29, 1.82) is 0 Å². The second-order valence-electron chi connectivity index (χ2n) is 4.41. The van der Waals surface area contributed by atoms with E-state index in [1.807, 2.05) is 0 Å². The van der Waals surface area contributed by atoms with Crippen molar-refractivity contribution >= 4 is 0 Å². The lowest BCUT2D eigenvalue weighted by molar-refractivity contribution is -0.00379. The van der Waals surface area contributed by atoms with Gasteiger partial charge in [0.2, 0.25) is 0 Å². The van der Waals surface area contributed by atoms with E-state index < -0.39 is 0 Å². The molecule has 2 aliphatic carbocycles. The van der Waals surface area contributed by atoms with E-state index in [9.17, 15) is 0 Å². The Hall–Kier alpha value is -0.0800. The molecule has 0 unspecified atom stereocenters. The predicted molar refractivity (Wildman–Crippen MR) is 49.2 cm³/mol. The monoisotopic (exact) mass is 169 g/mol. The molecule has 2 saturated carbocycles. The fourth-order valence-corrected chi connectivity index (χ4v) is 2.58. The van der Waals surface area contributed by atoms with Crippen molar-refractivity contribution in [3.63, 3.8) is 0 Å². The van der Waals surface area contributed by atoms with Crippen LogP contribution in [0.25, 0.3) is 0 Å². The van der Waals surface area contributed by atoms with Gasteiger partial charge in [0.1, 0.15) is 0 Å². The van der Waals surface area contributed by atoms with E-state index in [4.69, 9.17) is 4.74 Å². The highest BCUT2D eigenvalue weighted by molar-refractivity contribution is 5.02. The zero-order valence-electron chi connectivity index (χ0n) is 7.94. The van der Waals surface area contributed by atoms with Crippen molar-refractivity contribution < 1.29 is 4.74 Å². The molecule has 0 aromatic carbocycles. The smallest absolute Gasteiger partial charge is 0.0587 e. The van der Waals surface area contributed by atoms with E-state index in [0.717, 1.165) is 24.6 Å². The Labute approximate surface area is 74.7 Å². The van der Waals surface area contributed by atoms with Crippen LogP contribution in [0.5, 0.6) is 0 Å². The van der Waals surface area contributed by atoms with Crippen LogP contribution < -0.4 is 5.32 Å². The minimum atomic E-state index is 0.806. The molecule has 2 aliphatic rings. The number of hydrogen-bond acceptors (Lipinski definition) is 2. The normalized spacial score (nSPS) is 26.8. The Morgan fingerprint density at radius 3 is 2.67 bits per heavy atom. The first-order valence-electron chi connectivity index (χ1n) is 5.07. The van der Waals surface area contributed by atoms with Gasteiger partial charge >= 0.3 is 0 Å². The highest BCUT2D eigenvalue weighted by Crippen LogP contribution is 2.55. The summed E-state index contributed by atoms with van der Waals surface area (Å²) < 4.78 is 4.99. The van der Waals surface area contributed by atoms with Gasteiger partial charge in [-0.25, -0.2) is 0 Å². The fraction of sp³-hybridized carbons (Fsp3) is 1.00. The molecular weight excluding hydrogens is 150 g/mol. The number of ether oxygens (including phenoxy) is 1. The van der Waals surface area contributed by atoms with Crippen LogP contribution in [-0.2, 0) is 4.74 Å². The van der Waals surface area contributed by atoms with Crippen LogP contribution in [0.4, 0.5) is 0 Å². The summed E-state index contributed by atoms with van der Waals surface area (Å²) in [5.74, 6) is 0. The summed E-state index contributed by atoms with van der Waals surface area (Å²) in [5, 5.41) is 3.52. The van der Waals surface area contributed by atoms with Crippen molar-refractivity contribution in [2.45, 2.75) is 38.1 Å². The first kappa shape index (κ1) is 8.52. The van der Waals surface area contributed by atoms with Gasteiger partial charge in [-0.15, -0.1) is 0 Å². The number of methoxy groups -OCH3 is 1. The maximum atomic E-state index is 4.99. The third-order valence-corrected chi connectivity index (χ3v) is 3.51. The molecular formula is C10H19NO. The summed E-state index contributed by atoms with van der Waals surface area (Å²) in [6, 6.07) is 0.806. The van der Waals surface area contributed by atoms with Gasteiger partial charge in [0.25, 0.3) is 0 Å². The second kappa shape index (κ2) is 3.35. The Bertz CT molecular complexity index is 146. The molecule has 0 heterocycles. The lowest BCUT2D eigenvalue weighted by Crippen LogP contribution is -2.52. The number of hydrogen-bond donors (Lipinski definition) is 1. The summed E-state index contributed by atoms with van der Waals surface area (Å²) in [7, 11) is 1.76. The zero-order valence-corrected chi connectivity index (χ0v) is 7.94. The molecule has 2 fully saturated rings. The average molecular weight is 169 g/mol. The first-order chi connectivity index (χ1) is 5.85. The summed E-state index contributed by atoms with van der Waals surface area (Å²) in [5.41, 5.74) is 0.810. The molecule has 0 aliphatic heterocycles. The van der Waals surface area contributed by atoms with Gasteiger partial charge in [-0.1, -0.05) is 6.42 Å². The van der Waals surface area contributed by atoms with Crippen molar-refractivity contribution in [2.75, 3.05) is 20.3 Å². The molecule has 2 heteroatoms. The van der Waals surface area contributed by atoms with Crippen LogP contribution in [0.3, 0.4) is 0 Å². The molecule has 0 aromatic heterocycles. The van der Waals surface area contributed by atoms with Gasteiger partial charge in [-0.3, -0.25) is 0 Å². The summed E-state index contributed by atoms with van der Waals surface area (Å²) in [6.07, 6.45) is 7.32. The minimum Gasteiger partial charge on any atom is -0.383 e. The molecule has 12 heavy (non-hydrogen) atoms. The van der Waals surface area contributed by atoms with E-state index in [0.29, 0.717) is 0 Å². The van der Waals surface area contributed by atoms with Gasteiger partial charge in [-0.05, 0) is 31.1 Å². The zero-order chi connectivity index (χ0) is 8.44. The van der Waals surface area contributed by atoms with Crippen molar-refractivity contribution in [3.8, 4) is 0 Å². The lowest BCUT2D eigenvalue weighted by atomic mass is 9.54. The molecule has 1 N–H and O–H groups in total. The third kappa shape index (κ3) is 1.50. The van der Waals surface area contributed by atoms with Crippen LogP contribution in [0, 0.1) is 5.41 Å². The van der Waals surface area contributed by atoms with Crippen LogP contribution in [0.1, 0.15) is 32.1 Å². The van der Waals surface area contributed by atoms with Gasteiger partial charge in [0, 0.05) is 19.7 Å². The molecule has 0 atom stereocenters. The van der Waals surface area contributed by atoms with Gasteiger partial charge in [-0.2, -0.15) is 0 Å². The summed E-state index contributed by atoms with van der Waals surface area (Å²) in [4.78, 5) is 0. The SMILES string of the molecule is COCCNC1CC2(CCC2)C1. The average Bonchev–Trinajstić information content (AvgIpc) is 1.90. The highest BCUT2D eigenvalue weighted by atomic mass is 16.5. The molecule has 0 saturated heterocycles. The van der Waals surface area contributed by atoms with Gasteiger partial charge in [0.05, 0.1) is 6.61 Å². The van der Waals surface area contributed by atoms with E-state index in [1.54, 1.807) is 7.11 Å². The molecule has 0 amide bonds. The van der Waals surface area contributed by atoms with Gasteiger partial charge in [0.15, 0.2) is 0 Å².